The molecule has 1 amide bonds. The van der Waals surface area contributed by atoms with Gasteiger partial charge in [0.25, 0.3) is 5.91 Å². The SMILES string of the molecule is CN(C)CC(C)(C)CNC(=O)c1cnc(N)c2c(COc3ccc(Br)cc3)csc12. The van der Waals surface area contributed by atoms with E-state index in [2.05, 4.69) is 45.0 Å². The molecule has 0 saturated carbocycles. The van der Waals surface area contributed by atoms with Gasteiger partial charge >= 0.3 is 0 Å². The number of hydrogen-bond donors (Lipinski definition) is 2. The predicted molar refractivity (Wildman–Crippen MR) is 127 cm³/mol. The van der Waals surface area contributed by atoms with Gasteiger partial charge in [-0.1, -0.05) is 29.8 Å². The molecule has 0 fully saturated rings. The number of amides is 1. The van der Waals surface area contributed by atoms with Gasteiger partial charge in [-0.15, -0.1) is 11.3 Å². The van der Waals surface area contributed by atoms with Crippen LogP contribution in [0.25, 0.3) is 10.1 Å². The van der Waals surface area contributed by atoms with E-state index < -0.39 is 0 Å². The Bertz CT molecular complexity index is 1030. The van der Waals surface area contributed by atoms with E-state index in [1.165, 1.54) is 11.3 Å². The Morgan fingerprint density at radius 3 is 2.67 bits per heavy atom. The van der Waals surface area contributed by atoms with Crippen LogP contribution in [-0.4, -0.2) is 43.0 Å². The fraction of sp³-hybridized carbons (Fsp3) is 0.364. The molecule has 8 heteroatoms. The summed E-state index contributed by atoms with van der Waals surface area (Å²) in [6, 6.07) is 7.65. The second kappa shape index (κ2) is 9.32. The first-order valence-corrected chi connectivity index (χ1v) is 11.3. The van der Waals surface area contributed by atoms with Crippen molar-refractivity contribution in [1.29, 1.82) is 0 Å². The van der Waals surface area contributed by atoms with E-state index in [-0.39, 0.29) is 11.3 Å². The second-order valence-electron chi connectivity index (χ2n) is 8.35. The Morgan fingerprint density at radius 2 is 2.00 bits per heavy atom. The zero-order valence-corrected chi connectivity index (χ0v) is 20.1. The Morgan fingerprint density at radius 1 is 1.30 bits per heavy atom. The largest absolute Gasteiger partial charge is 0.489 e. The number of nitrogens with one attached hydrogen (secondary N) is 1. The van der Waals surface area contributed by atoms with Crippen molar-refractivity contribution < 1.29 is 9.53 Å². The van der Waals surface area contributed by atoms with Crippen LogP contribution in [0, 0.1) is 5.41 Å². The Balaban J connectivity index is 1.78. The summed E-state index contributed by atoms with van der Waals surface area (Å²) in [6.07, 6.45) is 1.56. The van der Waals surface area contributed by atoms with Crippen molar-refractivity contribution in [3.05, 3.63) is 51.4 Å². The number of nitrogens with two attached hydrogens (primary N) is 1. The quantitative estimate of drug-likeness (QED) is 0.484. The first-order valence-electron chi connectivity index (χ1n) is 9.62. The summed E-state index contributed by atoms with van der Waals surface area (Å²) >= 11 is 4.90. The highest BCUT2D eigenvalue weighted by Gasteiger charge is 2.22. The lowest BCUT2D eigenvalue weighted by atomic mass is 9.93. The fourth-order valence-corrected chi connectivity index (χ4v) is 4.75. The number of thiophene rings is 1. The lowest BCUT2D eigenvalue weighted by molar-refractivity contribution is 0.0930. The first-order chi connectivity index (χ1) is 14.2. The maximum Gasteiger partial charge on any atom is 0.254 e. The number of rotatable bonds is 8. The maximum atomic E-state index is 12.9. The Labute approximate surface area is 189 Å². The molecule has 0 aliphatic carbocycles. The summed E-state index contributed by atoms with van der Waals surface area (Å²) in [5, 5.41) is 5.82. The second-order valence-corrected chi connectivity index (χ2v) is 10.1. The van der Waals surface area contributed by atoms with Crippen LogP contribution in [0.1, 0.15) is 29.8 Å². The molecule has 0 aliphatic rings. The zero-order chi connectivity index (χ0) is 21.9. The number of hydrogen-bond acceptors (Lipinski definition) is 6. The molecule has 3 N–H and O–H groups in total. The highest BCUT2D eigenvalue weighted by atomic mass is 79.9. The van der Waals surface area contributed by atoms with E-state index in [4.69, 9.17) is 10.5 Å². The summed E-state index contributed by atoms with van der Waals surface area (Å²) in [5.74, 6) is 1.04. The van der Waals surface area contributed by atoms with Crippen LogP contribution in [-0.2, 0) is 6.61 Å². The number of nitrogen functional groups attached to an aromatic ring is 1. The molecule has 3 rings (SSSR count). The van der Waals surface area contributed by atoms with E-state index in [1.54, 1.807) is 6.20 Å². The van der Waals surface area contributed by atoms with Crippen LogP contribution in [0.15, 0.2) is 40.3 Å². The van der Waals surface area contributed by atoms with Gasteiger partial charge in [-0.3, -0.25) is 4.79 Å². The van der Waals surface area contributed by atoms with Crippen molar-refractivity contribution in [2.24, 2.45) is 5.41 Å². The zero-order valence-electron chi connectivity index (χ0n) is 17.7. The maximum absolute atomic E-state index is 12.9. The van der Waals surface area contributed by atoms with Gasteiger partial charge in [-0.05, 0) is 49.2 Å². The van der Waals surface area contributed by atoms with E-state index in [0.29, 0.717) is 24.5 Å². The number of pyridine rings is 1. The van der Waals surface area contributed by atoms with Crippen molar-refractivity contribution in [1.82, 2.24) is 15.2 Å². The number of carbonyl (C=O) groups is 1. The van der Waals surface area contributed by atoms with E-state index in [9.17, 15) is 4.79 Å². The van der Waals surface area contributed by atoms with Crippen LogP contribution in [0.3, 0.4) is 0 Å². The van der Waals surface area contributed by atoms with Crippen molar-refractivity contribution in [3.8, 4) is 5.75 Å². The van der Waals surface area contributed by atoms with E-state index >= 15 is 0 Å². The molecule has 2 aromatic heterocycles. The van der Waals surface area contributed by atoms with Gasteiger partial charge < -0.3 is 20.7 Å². The van der Waals surface area contributed by atoms with Crippen molar-refractivity contribution >= 4 is 49.1 Å². The standard InChI is InChI=1S/C22H27BrN4O2S/c1-22(2,13-27(3)4)12-26-21(28)17-9-25-20(24)18-14(11-30-19(17)18)10-29-16-7-5-15(23)6-8-16/h5-9,11H,10,12-13H2,1-4H3,(H2,24,25)(H,26,28). The molecule has 0 saturated heterocycles. The topological polar surface area (TPSA) is 80.5 Å². The molecular formula is C22H27BrN4O2S. The third-order valence-corrected chi connectivity index (χ3v) is 6.22. The van der Waals surface area contributed by atoms with Crippen LogP contribution in [0.4, 0.5) is 5.82 Å². The third kappa shape index (κ3) is 5.50. The molecule has 3 aromatic rings. The molecule has 6 nitrogen and oxygen atoms in total. The summed E-state index contributed by atoms with van der Waals surface area (Å²) in [7, 11) is 4.06. The summed E-state index contributed by atoms with van der Waals surface area (Å²) < 4.78 is 7.72. The fourth-order valence-electron chi connectivity index (χ4n) is 3.42. The lowest BCUT2D eigenvalue weighted by Gasteiger charge is -2.28. The smallest absolute Gasteiger partial charge is 0.254 e. The van der Waals surface area contributed by atoms with Crippen molar-refractivity contribution in [2.75, 3.05) is 32.9 Å². The monoisotopic (exact) mass is 490 g/mol. The average Bonchev–Trinajstić information content (AvgIpc) is 3.10. The molecule has 0 unspecified atom stereocenters. The highest BCUT2D eigenvalue weighted by molar-refractivity contribution is 9.10. The Hall–Kier alpha value is -2.16. The molecule has 1 aromatic carbocycles. The average molecular weight is 491 g/mol. The minimum atomic E-state index is -0.137. The number of anilines is 1. The number of halogens is 1. The number of ether oxygens (including phenoxy) is 1. The van der Waals surface area contributed by atoms with Crippen LogP contribution >= 0.6 is 27.3 Å². The van der Waals surface area contributed by atoms with Gasteiger partial charge in [-0.25, -0.2) is 4.98 Å². The van der Waals surface area contributed by atoms with Gasteiger partial charge in [0.1, 0.15) is 18.2 Å². The van der Waals surface area contributed by atoms with Crippen molar-refractivity contribution in [3.63, 3.8) is 0 Å². The molecule has 0 radical (unpaired) electrons. The molecule has 0 atom stereocenters. The van der Waals surface area contributed by atoms with Gasteiger partial charge in [0, 0.05) is 34.7 Å². The molecule has 2 heterocycles. The van der Waals surface area contributed by atoms with E-state index in [1.807, 2.05) is 43.7 Å². The molecular weight excluding hydrogens is 464 g/mol. The number of aromatic nitrogens is 1. The van der Waals surface area contributed by atoms with Crippen molar-refractivity contribution in [2.45, 2.75) is 20.5 Å². The van der Waals surface area contributed by atoms with Gasteiger partial charge in [0.2, 0.25) is 0 Å². The number of carbonyl (C=O) groups excluding carboxylic acids is 1. The Kier molecular flexibility index (Phi) is 7.00. The predicted octanol–water partition coefficient (Wildman–Crippen LogP) is 4.54. The van der Waals surface area contributed by atoms with Crippen LogP contribution in [0.5, 0.6) is 5.75 Å². The summed E-state index contributed by atoms with van der Waals surface area (Å²) in [4.78, 5) is 19.3. The van der Waals surface area contributed by atoms with Gasteiger partial charge in [-0.2, -0.15) is 0 Å². The molecule has 0 aliphatic heterocycles. The highest BCUT2D eigenvalue weighted by Crippen LogP contribution is 2.33. The van der Waals surface area contributed by atoms with Gasteiger partial charge in [0.05, 0.1) is 10.3 Å². The number of fused-ring (bicyclic) bond motifs is 1. The van der Waals surface area contributed by atoms with Gasteiger partial charge in [0.15, 0.2) is 0 Å². The minimum absolute atomic E-state index is 0.0430. The normalized spacial score (nSPS) is 11.8. The third-order valence-electron chi connectivity index (χ3n) is 4.63. The van der Waals surface area contributed by atoms with Crippen LogP contribution in [0.2, 0.25) is 0 Å². The molecule has 0 spiro atoms. The number of benzene rings is 1. The lowest BCUT2D eigenvalue weighted by Crippen LogP contribution is -2.40. The minimum Gasteiger partial charge on any atom is -0.489 e. The molecule has 0 bridgehead atoms. The number of nitrogens with zero attached hydrogens (tertiary/aromatic N) is 2. The molecule has 160 valence electrons. The molecule has 30 heavy (non-hydrogen) atoms. The first kappa shape index (κ1) is 22.5. The summed E-state index contributed by atoms with van der Waals surface area (Å²) in [6.45, 7) is 6.06. The summed E-state index contributed by atoms with van der Waals surface area (Å²) in [5.41, 5.74) is 7.57. The van der Waals surface area contributed by atoms with Crippen LogP contribution < -0.4 is 15.8 Å². The van der Waals surface area contributed by atoms with E-state index in [0.717, 1.165) is 32.4 Å².